The molecule has 0 bridgehead atoms. The second-order valence-corrected chi connectivity index (χ2v) is 4.46. The molecule has 2 rings (SSSR count). The third-order valence-corrected chi connectivity index (χ3v) is 2.82. The van der Waals surface area contributed by atoms with E-state index in [0.717, 1.165) is 0 Å². The Kier molecular flexibility index (Phi) is 4.79. The quantitative estimate of drug-likeness (QED) is 0.694. The summed E-state index contributed by atoms with van der Waals surface area (Å²) in [4.78, 5) is 23.5. The first-order chi connectivity index (χ1) is 10.1. The van der Waals surface area contributed by atoms with Gasteiger partial charge in [-0.15, -0.1) is 0 Å². The maximum Gasteiger partial charge on any atom is 0.339 e. The molecule has 6 heteroatoms. The molecule has 1 aromatic heterocycles. The summed E-state index contributed by atoms with van der Waals surface area (Å²) >= 11 is 5.87. The summed E-state index contributed by atoms with van der Waals surface area (Å²) < 4.78 is 9.72. The third-order valence-electron chi connectivity index (χ3n) is 2.59. The van der Waals surface area contributed by atoms with Crippen molar-refractivity contribution in [3.63, 3.8) is 0 Å². The van der Waals surface area contributed by atoms with E-state index in [-0.39, 0.29) is 11.3 Å². The van der Waals surface area contributed by atoms with Crippen molar-refractivity contribution in [3.05, 3.63) is 59.0 Å². The van der Waals surface area contributed by atoms with Crippen LogP contribution in [0.5, 0.6) is 0 Å². The molecular weight excluding hydrogens is 294 g/mol. The number of ether oxygens (including phenoxy) is 1. The molecule has 0 fully saturated rings. The Balaban J connectivity index is 2.16. The molecule has 0 unspecified atom stereocenters. The van der Waals surface area contributed by atoms with E-state index in [1.165, 1.54) is 37.7 Å². The van der Waals surface area contributed by atoms with Crippen molar-refractivity contribution in [2.75, 3.05) is 12.4 Å². The maximum atomic E-state index is 11.8. The van der Waals surface area contributed by atoms with Gasteiger partial charge in [0, 0.05) is 11.1 Å². The van der Waals surface area contributed by atoms with Crippen LogP contribution in [0, 0.1) is 0 Å². The number of benzene rings is 1. The smallest absolute Gasteiger partial charge is 0.339 e. The first-order valence-electron chi connectivity index (χ1n) is 6.00. The van der Waals surface area contributed by atoms with Crippen LogP contribution in [0.3, 0.4) is 0 Å². The minimum Gasteiger partial charge on any atom is -0.465 e. The van der Waals surface area contributed by atoms with Crippen LogP contribution >= 0.6 is 11.6 Å². The van der Waals surface area contributed by atoms with Crippen LogP contribution in [-0.2, 0) is 9.53 Å². The zero-order chi connectivity index (χ0) is 15.2. The fourth-order valence-electron chi connectivity index (χ4n) is 1.63. The fourth-order valence-corrected chi connectivity index (χ4v) is 1.80. The van der Waals surface area contributed by atoms with Crippen molar-refractivity contribution in [1.29, 1.82) is 0 Å². The van der Waals surface area contributed by atoms with Gasteiger partial charge in [-0.25, -0.2) is 4.79 Å². The van der Waals surface area contributed by atoms with Crippen molar-refractivity contribution in [1.82, 2.24) is 0 Å². The number of amides is 1. The van der Waals surface area contributed by atoms with Gasteiger partial charge in [-0.1, -0.05) is 11.6 Å². The van der Waals surface area contributed by atoms with Gasteiger partial charge in [-0.05, 0) is 36.4 Å². The Morgan fingerprint density at radius 1 is 1.33 bits per heavy atom. The average molecular weight is 306 g/mol. The molecule has 0 atom stereocenters. The highest BCUT2D eigenvalue weighted by molar-refractivity contribution is 6.31. The summed E-state index contributed by atoms with van der Waals surface area (Å²) in [5.41, 5.74) is 0.505. The zero-order valence-corrected chi connectivity index (χ0v) is 11.9. The maximum absolute atomic E-state index is 11.8. The summed E-state index contributed by atoms with van der Waals surface area (Å²) in [6.45, 7) is 0. The Morgan fingerprint density at radius 3 is 2.81 bits per heavy atom. The first kappa shape index (κ1) is 14.9. The second kappa shape index (κ2) is 6.76. The molecule has 0 spiro atoms. The molecule has 2 aromatic rings. The number of methoxy groups -OCH3 is 1. The summed E-state index contributed by atoms with van der Waals surface area (Å²) in [6, 6.07) is 7.93. The number of hydrogen-bond donors (Lipinski definition) is 1. The molecule has 0 aliphatic rings. The lowest BCUT2D eigenvalue weighted by molar-refractivity contribution is -0.111. The van der Waals surface area contributed by atoms with Crippen LogP contribution in [0.4, 0.5) is 5.69 Å². The first-order valence-corrected chi connectivity index (χ1v) is 6.38. The standard InChI is InChI=1S/C15H12ClNO4/c1-20-15(19)12-6-4-10(16)9-13(12)17-14(18)7-5-11-3-2-8-21-11/h2-9H,1H3,(H,17,18). The Bertz CT molecular complexity index is 677. The number of esters is 1. The lowest BCUT2D eigenvalue weighted by atomic mass is 10.1. The number of hydrogen-bond acceptors (Lipinski definition) is 4. The predicted octanol–water partition coefficient (Wildman–Crippen LogP) is 3.37. The molecule has 21 heavy (non-hydrogen) atoms. The molecule has 1 aromatic carbocycles. The topological polar surface area (TPSA) is 68.5 Å². The van der Waals surface area contributed by atoms with Gasteiger partial charge in [0.1, 0.15) is 5.76 Å². The number of rotatable bonds is 4. The average Bonchev–Trinajstić information content (AvgIpc) is 2.98. The van der Waals surface area contributed by atoms with Gasteiger partial charge < -0.3 is 14.5 Å². The molecule has 0 radical (unpaired) electrons. The highest BCUT2D eigenvalue weighted by atomic mass is 35.5. The molecule has 0 saturated heterocycles. The van der Waals surface area contributed by atoms with Crippen molar-refractivity contribution >= 4 is 35.2 Å². The van der Waals surface area contributed by atoms with Crippen LogP contribution in [0.15, 0.2) is 47.1 Å². The number of carbonyl (C=O) groups excluding carboxylic acids is 2. The Morgan fingerprint density at radius 2 is 2.14 bits per heavy atom. The monoisotopic (exact) mass is 305 g/mol. The molecule has 0 aliphatic heterocycles. The van der Waals surface area contributed by atoms with Crippen LogP contribution in [-0.4, -0.2) is 19.0 Å². The number of nitrogens with one attached hydrogen (secondary N) is 1. The van der Waals surface area contributed by atoms with E-state index in [4.69, 9.17) is 16.0 Å². The number of halogens is 1. The van der Waals surface area contributed by atoms with Gasteiger partial charge in [0.25, 0.3) is 0 Å². The Hall–Kier alpha value is -2.53. The molecule has 108 valence electrons. The molecule has 0 saturated carbocycles. The minimum atomic E-state index is -0.558. The predicted molar refractivity (Wildman–Crippen MR) is 79.2 cm³/mol. The largest absolute Gasteiger partial charge is 0.465 e. The minimum absolute atomic E-state index is 0.224. The Labute approximate surface area is 126 Å². The normalized spacial score (nSPS) is 10.6. The van der Waals surface area contributed by atoms with Gasteiger partial charge in [0.05, 0.1) is 24.6 Å². The van der Waals surface area contributed by atoms with Crippen LogP contribution in [0.1, 0.15) is 16.1 Å². The van der Waals surface area contributed by atoms with Gasteiger partial charge in [-0.3, -0.25) is 4.79 Å². The molecule has 5 nitrogen and oxygen atoms in total. The highest BCUT2D eigenvalue weighted by Gasteiger charge is 2.13. The third kappa shape index (κ3) is 3.97. The van der Waals surface area contributed by atoms with Crippen molar-refractivity contribution in [2.45, 2.75) is 0 Å². The van der Waals surface area contributed by atoms with E-state index in [2.05, 4.69) is 10.1 Å². The molecule has 0 aliphatic carbocycles. The van der Waals surface area contributed by atoms with E-state index in [1.54, 1.807) is 18.2 Å². The second-order valence-electron chi connectivity index (χ2n) is 4.02. The van der Waals surface area contributed by atoms with Crippen molar-refractivity contribution in [2.24, 2.45) is 0 Å². The van der Waals surface area contributed by atoms with Gasteiger partial charge in [0.2, 0.25) is 5.91 Å². The summed E-state index contributed by atoms with van der Waals surface area (Å²) in [5, 5.41) is 2.97. The summed E-state index contributed by atoms with van der Waals surface area (Å²) in [6.07, 6.45) is 4.31. The van der Waals surface area contributed by atoms with Gasteiger partial charge in [0.15, 0.2) is 0 Å². The molecule has 1 heterocycles. The number of carbonyl (C=O) groups is 2. The van der Waals surface area contributed by atoms with E-state index >= 15 is 0 Å². The molecule has 1 amide bonds. The van der Waals surface area contributed by atoms with Crippen LogP contribution in [0.25, 0.3) is 6.08 Å². The molecular formula is C15H12ClNO4. The van der Waals surface area contributed by atoms with Crippen molar-refractivity contribution in [3.8, 4) is 0 Å². The van der Waals surface area contributed by atoms with Crippen LogP contribution in [0.2, 0.25) is 5.02 Å². The van der Waals surface area contributed by atoms with E-state index in [1.807, 2.05) is 0 Å². The molecule has 1 N–H and O–H groups in total. The fraction of sp³-hybridized carbons (Fsp3) is 0.0667. The number of furan rings is 1. The number of anilines is 1. The zero-order valence-electron chi connectivity index (χ0n) is 11.1. The van der Waals surface area contributed by atoms with E-state index in [0.29, 0.717) is 10.8 Å². The lowest BCUT2D eigenvalue weighted by Crippen LogP contribution is -2.13. The van der Waals surface area contributed by atoms with Gasteiger partial charge in [-0.2, -0.15) is 0 Å². The summed E-state index contributed by atoms with van der Waals surface area (Å²) in [5.74, 6) is -0.430. The van der Waals surface area contributed by atoms with Gasteiger partial charge >= 0.3 is 5.97 Å². The highest BCUT2D eigenvalue weighted by Crippen LogP contribution is 2.22. The van der Waals surface area contributed by atoms with E-state index in [9.17, 15) is 9.59 Å². The van der Waals surface area contributed by atoms with Crippen molar-refractivity contribution < 1.29 is 18.7 Å². The lowest BCUT2D eigenvalue weighted by Gasteiger charge is -2.08. The summed E-state index contributed by atoms with van der Waals surface area (Å²) in [7, 11) is 1.26. The van der Waals surface area contributed by atoms with Crippen LogP contribution < -0.4 is 5.32 Å². The SMILES string of the molecule is COC(=O)c1ccc(Cl)cc1NC(=O)C=Cc1ccco1. The van der Waals surface area contributed by atoms with E-state index < -0.39 is 11.9 Å².